The Kier molecular flexibility index (Phi) is 7.27. The number of likely N-dealkylation sites (N-methyl/N-ethyl adjacent to an activating group) is 1. The Morgan fingerprint density at radius 3 is 2.67 bits per heavy atom. The van der Waals surface area contributed by atoms with Gasteiger partial charge in [-0.1, -0.05) is 28.1 Å². The van der Waals surface area contributed by atoms with Gasteiger partial charge in [0.1, 0.15) is 0 Å². The first-order valence-electron chi connectivity index (χ1n) is 8.19. The molecule has 0 bridgehead atoms. The van der Waals surface area contributed by atoms with E-state index in [1.54, 1.807) is 7.05 Å². The molecule has 2 rings (SSSR count). The number of carbonyl (C=O) groups excluding carboxylic acids is 1. The second-order valence-corrected chi connectivity index (χ2v) is 6.57. The van der Waals surface area contributed by atoms with Crippen molar-refractivity contribution in [1.29, 1.82) is 0 Å². The fourth-order valence-electron chi connectivity index (χ4n) is 2.95. The number of hydrogen-bond acceptors (Lipinski definition) is 4. The van der Waals surface area contributed by atoms with Gasteiger partial charge in [0.2, 0.25) is 6.29 Å². The number of rotatable bonds is 7. The van der Waals surface area contributed by atoms with E-state index in [1.807, 2.05) is 37.3 Å². The van der Waals surface area contributed by atoms with Crippen molar-refractivity contribution >= 4 is 21.8 Å². The first-order chi connectivity index (χ1) is 11.6. The van der Waals surface area contributed by atoms with Crippen molar-refractivity contribution < 1.29 is 19.4 Å². The molecule has 24 heavy (non-hydrogen) atoms. The van der Waals surface area contributed by atoms with Crippen LogP contribution in [0.25, 0.3) is 0 Å². The molecule has 132 valence electrons. The molecule has 1 heterocycles. The highest BCUT2D eigenvalue weighted by atomic mass is 79.9. The quantitative estimate of drug-likeness (QED) is 0.741. The van der Waals surface area contributed by atoms with Gasteiger partial charge in [0.05, 0.1) is 0 Å². The number of amides is 1. The van der Waals surface area contributed by atoms with Crippen molar-refractivity contribution in [2.75, 3.05) is 20.3 Å². The van der Waals surface area contributed by atoms with Crippen LogP contribution in [0.15, 0.2) is 40.6 Å². The highest BCUT2D eigenvalue weighted by Crippen LogP contribution is 2.39. The Hall–Kier alpha value is -1.37. The largest absolute Gasteiger partial charge is 0.459 e. The summed E-state index contributed by atoms with van der Waals surface area (Å²) < 4.78 is 12.6. The minimum Gasteiger partial charge on any atom is -0.459 e. The summed E-state index contributed by atoms with van der Waals surface area (Å²) in [6.07, 6.45) is 2.76. The van der Waals surface area contributed by atoms with Gasteiger partial charge >= 0.3 is 0 Å². The molecular formula is C18H24BrNO4. The average Bonchev–Trinajstić information content (AvgIpc) is 2.60. The van der Waals surface area contributed by atoms with Gasteiger partial charge in [-0.15, -0.1) is 0 Å². The van der Waals surface area contributed by atoms with Crippen LogP contribution < -0.4 is 5.32 Å². The molecule has 0 aromatic heterocycles. The summed E-state index contributed by atoms with van der Waals surface area (Å²) in [4.78, 5) is 12.1. The highest BCUT2D eigenvalue weighted by molar-refractivity contribution is 9.10. The molecule has 6 heteroatoms. The lowest BCUT2D eigenvalue weighted by Gasteiger charge is -2.37. The number of aliphatic hydroxyl groups excluding tert-OH is 1. The molecule has 0 saturated carbocycles. The lowest BCUT2D eigenvalue weighted by molar-refractivity contribution is -0.166. The lowest BCUT2D eigenvalue weighted by atomic mass is 9.80. The molecule has 0 spiro atoms. The van der Waals surface area contributed by atoms with Gasteiger partial charge in [-0.3, -0.25) is 4.79 Å². The summed E-state index contributed by atoms with van der Waals surface area (Å²) >= 11 is 3.45. The summed E-state index contributed by atoms with van der Waals surface area (Å²) in [5.74, 6) is 0.0421. The fraction of sp³-hybridized carbons (Fsp3) is 0.500. The molecule has 0 saturated heterocycles. The molecule has 1 aliphatic heterocycles. The van der Waals surface area contributed by atoms with Gasteiger partial charge < -0.3 is 19.9 Å². The summed E-state index contributed by atoms with van der Waals surface area (Å²) in [6, 6.07) is 8.04. The molecule has 0 unspecified atom stereocenters. The van der Waals surface area contributed by atoms with E-state index in [0.29, 0.717) is 13.0 Å². The van der Waals surface area contributed by atoms with Crippen molar-refractivity contribution in [1.82, 2.24) is 5.32 Å². The summed E-state index contributed by atoms with van der Waals surface area (Å²) in [6.45, 7) is 2.52. The van der Waals surface area contributed by atoms with E-state index < -0.39 is 6.29 Å². The van der Waals surface area contributed by atoms with Gasteiger partial charge in [0, 0.05) is 36.6 Å². The monoisotopic (exact) mass is 397 g/mol. The predicted octanol–water partition coefficient (Wildman–Crippen LogP) is 2.94. The van der Waals surface area contributed by atoms with Crippen LogP contribution in [0.5, 0.6) is 0 Å². The van der Waals surface area contributed by atoms with E-state index >= 15 is 0 Å². The van der Waals surface area contributed by atoms with Crippen molar-refractivity contribution in [3.05, 3.63) is 46.1 Å². The predicted molar refractivity (Wildman–Crippen MR) is 95.3 cm³/mol. The summed E-state index contributed by atoms with van der Waals surface area (Å²) in [5, 5.41) is 11.8. The standard InChI is InChI=1S/C18H24BrNO4/c1-3-23-18-14(5-4-10-21)15(11-16(24-18)17(22)20-2)12-6-8-13(19)9-7-12/h6-9,11,14-15,18,21H,3-5,10H2,1-2H3,(H,20,22)/t14-,15-,18-/m1/s1. The minimum absolute atomic E-state index is 0.0118. The number of carbonyl (C=O) groups is 1. The van der Waals surface area contributed by atoms with Crippen LogP contribution in [-0.2, 0) is 14.3 Å². The number of allylic oxidation sites excluding steroid dienone is 1. The van der Waals surface area contributed by atoms with Gasteiger partial charge in [0.15, 0.2) is 5.76 Å². The Morgan fingerprint density at radius 1 is 1.38 bits per heavy atom. The molecule has 1 aromatic rings. The second kappa shape index (κ2) is 9.20. The van der Waals surface area contributed by atoms with Crippen LogP contribution >= 0.6 is 15.9 Å². The number of benzene rings is 1. The Balaban J connectivity index is 2.39. The molecule has 0 fully saturated rings. The molecule has 1 aliphatic rings. The Bertz CT molecular complexity index is 573. The van der Waals surface area contributed by atoms with Crippen LogP contribution in [0.4, 0.5) is 0 Å². The fourth-order valence-corrected chi connectivity index (χ4v) is 3.22. The lowest BCUT2D eigenvalue weighted by Crippen LogP contribution is -2.38. The van der Waals surface area contributed by atoms with Crippen LogP contribution in [0.2, 0.25) is 0 Å². The maximum absolute atomic E-state index is 12.1. The van der Waals surface area contributed by atoms with Crippen LogP contribution in [0.1, 0.15) is 31.2 Å². The maximum Gasteiger partial charge on any atom is 0.285 e. The van der Waals surface area contributed by atoms with Crippen LogP contribution in [-0.4, -0.2) is 37.6 Å². The molecule has 0 aliphatic carbocycles. The van der Waals surface area contributed by atoms with E-state index in [-0.39, 0.29) is 30.1 Å². The zero-order valence-electron chi connectivity index (χ0n) is 14.0. The molecule has 3 atom stereocenters. The molecular weight excluding hydrogens is 374 g/mol. The van der Waals surface area contributed by atoms with E-state index in [9.17, 15) is 9.90 Å². The van der Waals surface area contributed by atoms with Gasteiger partial charge in [0.25, 0.3) is 5.91 Å². The third kappa shape index (κ3) is 4.59. The van der Waals surface area contributed by atoms with Crippen molar-refractivity contribution in [2.45, 2.75) is 32.0 Å². The highest BCUT2D eigenvalue weighted by Gasteiger charge is 2.37. The number of ether oxygens (including phenoxy) is 2. The molecule has 1 amide bonds. The third-order valence-corrected chi connectivity index (χ3v) is 4.65. The van der Waals surface area contributed by atoms with E-state index in [4.69, 9.17) is 9.47 Å². The molecule has 5 nitrogen and oxygen atoms in total. The number of halogens is 1. The second-order valence-electron chi connectivity index (χ2n) is 5.66. The number of hydrogen-bond donors (Lipinski definition) is 2. The van der Waals surface area contributed by atoms with Gasteiger partial charge in [-0.05, 0) is 43.5 Å². The van der Waals surface area contributed by atoms with E-state index in [0.717, 1.165) is 16.5 Å². The SMILES string of the molecule is CCO[C@@H]1OC(C(=O)NC)=C[C@H](c2ccc(Br)cc2)[C@H]1CCCO. The van der Waals surface area contributed by atoms with Crippen LogP contribution in [0, 0.1) is 5.92 Å². The van der Waals surface area contributed by atoms with E-state index in [2.05, 4.69) is 21.2 Å². The molecule has 0 radical (unpaired) electrons. The zero-order chi connectivity index (χ0) is 17.5. The maximum atomic E-state index is 12.1. The van der Waals surface area contributed by atoms with Crippen molar-refractivity contribution in [3.8, 4) is 0 Å². The smallest absolute Gasteiger partial charge is 0.285 e. The molecule has 1 aromatic carbocycles. The third-order valence-electron chi connectivity index (χ3n) is 4.12. The number of nitrogens with one attached hydrogen (secondary N) is 1. The van der Waals surface area contributed by atoms with Gasteiger partial charge in [-0.2, -0.15) is 0 Å². The normalized spacial score (nSPS) is 23.3. The summed E-state index contributed by atoms with van der Waals surface area (Å²) in [7, 11) is 1.58. The van der Waals surface area contributed by atoms with Crippen molar-refractivity contribution in [3.63, 3.8) is 0 Å². The Morgan fingerprint density at radius 2 is 2.08 bits per heavy atom. The molecule has 2 N–H and O–H groups in total. The van der Waals surface area contributed by atoms with Crippen molar-refractivity contribution in [2.24, 2.45) is 5.92 Å². The Labute approximate surface area is 151 Å². The first-order valence-corrected chi connectivity index (χ1v) is 8.98. The van der Waals surface area contributed by atoms with Gasteiger partial charge in [-0.25, -0.2) is 0 Å². The zero-order valence-corrected chi connectivity index (χ0v) is 15.6. The topological polar surface area (TPSA) is 67.8 Å². The minimum atomic E-state index is -0.507. The first kappa shape index (κ1) is 19.0. The number of aliphatic hydroxyl groups is 1. The van der Waals surface area contributed by atoms with Crippen LogP contribution in [0.3, 0.4) is 0 Å². The summed E-state index contributed by atoms with van der Waals surface area (Å²) in [5.41, 5.74) is 1.09. The average molecular weight is 398 g/mol. The van der Waals surface area contributed by atoms with E-state index in [1.165, 1.54) is 0 Å².